The fourth-order valence-corrected chi connectivity index (χ4v) is 4.19. The molecular weight excluding hydrogens is 450 g/mol. The topological polar surface area (TPSA) is 81.8 Å². The van der Waals surface area contributed by atoms with Gasteiger partial charge in [-0.25, -0.2) is 9.78 Å². The highest BCUT2D eigenvalue weighted by Gasteiger charge is 2.47. The van der Waals surface area contributed by atoms with E-state index in [-0.39, 0.29) is 6.42 Å². The smallest absolute Gasteiger partial charge is 0.339 e. The number of carbonyl (C=O) groups is 1. The van der Waals surface area contributed by atoms with Gasteiger partial charge in [-0.3, -0.25) is 0 Å². The number of para-hydroxylation sites is 1. The lowest BCUT2D eigenvalue weighted by Crippen LogP contribution is -2.45. The number of methoxy groups -OCH3 is 2. The second-order valence-electron chi connectivity index (χ2n) is 7.21. The SMILES string of the molecule is COC(=O)C(O)(Cc1cnc(-c2cc(C)cc(C)c2)o1)C(Br)c1ccccc1OC. The minimum absolute atomic E-state index is 0.133. The molecular formula is C23H24BrNO5. The first-order chi connectivity index (χ1) is 14.3. The standard InChI is InChI=1S/C23H24BrNO5/c1-14-9-15(2)11-16(10-14)21-25-13-17(30-21)12-23(27,22(26)29-4)20(24)18-7-5-6-8-19(18)28-3/h5-11,13,20,27H,12H2,1-4H3. The average Bonchev–Trinajstić information content (AvgIpc) is 3.20. The van der Waals surface area contributed by atoms with Crippen LogP contribution in [-0.4, -0.2) is 35.9 Å². The van der Waals surface area contributed by atoms with Crippen LogP contribution in [0.5, 0.6) is 5.75 Å². The molecule has 0 aliphatic heterocycles. The quantitative estimate of drug-likeness (QED) is 0.400. The van der Waals surface area contributed by atoms with E-state index in [9.17, 15) is 9.90 Å². The van der Waals surface area contributed by atoms with E-state index >= 15 is 0 Å². The highest BCUT2D eigenvalue weighted by Crippen LogP contribution is 2.42. The summed E-state index contributed by atoms with van der Waals surface area (Å²) in [6.07, 6.45) is 1.38. The highest BCUT2D eigenvalue weighted by atomic mass is 79.9. The molecule has 0 saturated carbocycles. The number of hydrogen-bond acceptors (Lipinski definition) is 6. The molecule has 7 heteroatoms. The second-order valence-corrected chi connectivity index (χ2v) is 8.12. The number of esters is 1. The molecule has 0 fully saturated rings. The van der Waals surface area contributed by atoms with Crippen LogP contribution in [0.2, 0.25) is 0 Å². The van der Waals surface area contributed by atoms with E-state index in [4.69, 9.17) is 13.9 Å². The molecule has 3 aromatic rings. The highest BCUT2D eigenvalue weighted by molar-refractivity contribution is 9.09. The number of rotatable bonds is 7. The van der Waals surface area contributed by atoms with Crippen LogP contribution in [0.15, 0.2) is 53.1 Å². The van der Waals surface area contributed by atoms with Gasteiger partial charge in [-0.15, -0.1) is 0 Å². The van der Waals surface area contributed by atoms with Crippen LogP contribution >= 0.6 is 15.9 Å². The van der Waals surface area contributed by atoms with Crippen molar-refractivity contribution in [2.24, 2.45) is 0 Å². The van der Waals surface area contributed by atoms with Gasteiger partial charge in [0.1, 0.15) is 11.5 Å². The second kappa shape index (κ2) is 9.02. The molecule has 2 aromatic carbocycles. The van der Waals surface area contributed by atoms with Gasteiger partial charge in [-0.05, 0) is 32.0 Å². The van der Waals surface area contributed by atoms with Gasteiger partial charge >= 0.3 is 5.97 Å². The number of ether oxygens (including phenoxy) is 2. The molecule has 1 aromatic heterocycles. The number of aromatic nitrogens is 1. The van der Waals surface area contributed by atoms with Gasteiger partial charge in [0, 0.05) is 17.5 Å². The minimum atomic E-state index is -1.94. The van der Waals surface area contributed by atoms with Crippen LogP contribution in [0.4, 0.5) is 0 Å². The van der Waals surface area contributed by atoms with E-state index in [1.165, 1.54) is 20.4 Å². The van der Waals surface area contributed by atoms with Crippen LogP contribution in [0.3, 0.4) is 0 Å². The number of aliphatic hydroxyl groups is 1. The number of alkyl halides is 1. The summed E-state index contributed by atoms with van der Waals surface area (Å²) in [6, 6.07) is 13.1. The van der Waals surface area contributed by atoms with Gasteiger partial charge in [0.25, 0.3) is 0 Å². The third-order valence-corrected chi connectivity index (χ3v) is 6.09. The van der Waals surface area contributed by atoms with Crippen LogP contribution in [-0.2, 0) is 16.0 Å². The molecule has 0 bridgehead atoms. The van der Waals surface area contributed by atoms with Crippen molar-refractivity contribution in [3.8, 4) is 17.2 Å². The summed E-state index contributed by atoms with van der Waals surface area (Å²) in [4.78, 5) is 16.1. The van der Waals surface area contributed by atoms with Crippen molar-refractivity contribution in [3.05, 3.63) is 71.1 Å². The molecule has 0 amide bonds. The Balaban J connectivity index is 1.96. The zero-order chi connectivity index (χ0) is 21.9. The summed E-state index contributed by atoms with van der Waals surface area (Å²) >= 11 is 3.48. The summed E-state index contributed by atoms with van der Waals surface area (Å²) in [5, 5.41) is 11.4. The first-order valence-electron chi connectivity index (χ1n) is 9.39. The molecule has 0 radical (unpaired) electrons. The van der Waals surface area contributed by atoms with E-state index in [0.29, 0.717) is 23.0 Å². The van der Waals surface area contributed by atoms with Gasteiger partial charge in [0.2, 0.25) is 5.89 Å². The van der Waals surface area contributed by atoms with Crippen molar-refractivity contribution in [1.29, 1.82) is 0 Å². The third-order valence-electron chi connectivity index (χ3n) is 4.84. The summed E-state index contributed by atoms with van der Waals surface area (Å²) in [5.74, 6) is 0.527. The maximum Gasteiger partial charge on any atom is 0.339 e. The zero-order valence-electron chi connectivity index (χ0n) is 17.3. The predicted octanol–water partition coefficient (Wildman–Crippen LogP) is 4.55. The predicted molar refractivity (Wildman–Crippen MR) is 117 cm³/mol. The average molecular weight is 474 g/mol. The Hall–Kier alpha value is -2.64. The van der Waals surface area contributed by atoms with Crippen molar-refractivity contribution >= 4 is 21.9 Å². The molecule has 0 aliphatic carbocycles. The zero-order valence-corrected chi connectivity index (χ0v) is 18.9. The summed E-state index contributed by atoms with van der Waals surface area (Å²) in [6.45, 7) is 4.00. The molecule has 1 heterocycles. The van der Waals surface area contributed by atoms with Gasteiger partial charge in [-0.2, -0.15) is 0 Å². The van der Waals surface area contributed by atoms with Crippen LogP contribution in [0.1, 0.15) is 27.3 Å². The number of aryl methyl sites for hydroxylation is 2. The molecule has 0 saturated heterocycles. The van der Waals surface area contributed by atoms with Crippen LogP contribution in [0.25, 0.3) is 11.5 Å². The number of nitrogens with zero attached hydrogens (tertiary/aromatic N) is 1. The van der Waals surface area contributed by atoms with Gasteiger partial charge in [-0.1, -0.05) is 51.3 Å². The molecule has 2 atom stereocenters. The molecule has 0 aliphatic rings. The lowest BCUT2D eigenvalue weighted by atomic mass is 9.89. The number of benzene rings is 2. The maximum absolute atomic E-state index is 12.6. The fourth-order valence-electron chi connectivity index (χ4n) is 3.46. The first kappa shape index (κ1) is 22.1. The van der Waals surface area contributed by atoms with Gasteiger partial charge < -0.3 is 19.0 Å². The number of hydrogen-bond donors (Lipinski definition) is 1. The van der Waals surface area contributed by atoms with E-state index in [0.717, 1.165) is 16.7 Å². The molecule has 30 heavy (non-hydrogen) atoms. The Morgan fingerprint density at radius 2 is 1.87 bits per heavy atom. The molecule has 6 nitrogen and oxygen atoms in total. The number of oxazole rings is 1. The lowest BCUT2D eigenvalue weighted by molar-refractivity contribution is -0.162. The maximum atomic E-state index is 12.6. The van der Waals surface area contributed by atoms with E-state index in [1.807, 2.05) is 32.0 Å². The van der Waals surface area contributed by atoms with Crippen LogP contribution < -0.4 is 4.74 Å². The normalized spacial score (nSPS) is 14.1. The van der Waals surface area contributed by atoms with Crippen molar-refractivity contribution in [2.45, 2.75) is 30.7 Å². The summed E-state index contributed by atoms with van der Waals surface area (Å²) < 4.78 is 16.2. The summed E-state index contributed by atoms with van der Waals surface area (Å²) in [7, 11) is 2.76. The third kappa shape index (κ3) is 4.42. The minimum Gasteiger partial charge on any atom is -0.496 e. The van der Waals surface area contributed by atoms with Crippen molar-refractivity contribution in [1.82, 2.24) is 4.98 Å². The van der Waals surface area contributed by atoms with Crippen molar-refractivity contribution in [3.63, 3.8) is 0 Å². The van der Waals surface area contributed by atoms with E-state index in [2.05, 4.69) is 27.0 Å². The van der Waals surface area contributed by atoms with Crippen molar-refractivity contribution in [2.75, 3.05) is 14.2 Å². The Morgan fingerprint density at radius 1 is 1.20 bits per heavy atom. The monoisotopic (exact) mass is 473 g/mol. The van der Waals surface area contributed by atoms with Gasteiger partial charge in [0.05, 0.1) is 25.2 Å². The Bertz CT molecular complexity index is 1030. The molecule has 158 valence electrons. The number of halogens is 1. The fraction of sp³-hybridized carbons (Fsp3) is 0.304. The van der Waals surface area contributed by atoms with Crippen molar-refractivity contribution < 1.29 is 23.8 Å². The Kier molecular flexibility index (Phi) is 6.63. The lowest BCUT2D eigenvalue weighted by Gasteiger charge is -2.30. The van der Waals surface area contributed by atoms with Gasteiger partial charge in [0.15, 0.2) is 5.60 Å². The Labute approximate surface area is 184 Å². The molecule has 3 rings (SSSR count). The van der Waals surface area contributed by atoms with E-state index < -0.39 is 16.4 Å². The summed E-state index contributed by atoms with van der Waals surface area (Å²) in [5.41, 5.74) is 1.69. The first-order valence-corrected chi connectivity index (χ1v) is 10.3. The van der Waals surface area contributed by atoms with E-state index in [1.54, 1.807) is 18.2 Å². The molecule has 1 N–H and O–H groups in total. The number of carbonyl (C=O) groups excluding carboxylic acids is 1. The largest absolute Gasteiger partial charge is 0.496 e. The Morgan fingerprint density at radius 3 is 2.50 bits per heavy atom. The molecule has 2 unspecified atom stereocenters. The molecule has 0 spiro atoms. The van der Waals surface area contributed by atoms with Crippen LogP contribution in [0, 0.1) is 13.8 Å².